The number of rotatable bonds is 5. The fourth-order valence-electron chi connectivity index (χ4n) is 2.18. The molecule has 2 heterocycles. The highest BCUT2D eigenvalue weighted by atomic mass is 19.1. The zero-order valence-electron chi connectivity index (χ0n) is 12.1. The van der Waals surface area contributed by atoms with Gasteiger partial charge in [0.2, 0.25) is 0 Å². The first kappa shape index (κ1) is 14.2. The molecule has 2 aromatic heterocycles. The molecule has 0 radical (unpaired) electrons. The van der Waals surface area contributed by atoms with E-state index in [2.05, 4.69) is 20.3 Å². The van der Waals surface area contributed by atoms with Crippen LogP contribution in [-0.4, -0.2) is 28.6 Å². The van der Waals surface area contributed by atoms with Gasteiger partial charge in [-0.2, -0.15) is 0 Å². The van der Waals surface area contributed by atoms with E-state index in [4.69, 9.17) is 4.74 Å². The zero-order valence-corrected chi connectivity index (χ0v) is 12.1. The molecule has 0 fully saturated rings. The van der Waals surface area contributed by atoms with Crippen molar-refractivity contribution >= 4 is 16.9 Å². The highest BCUT2D eigenvalue weighted by Gasteiger charge is 2.05. The third kappa shape index (κ3) is 3.11. The molecule has 1 aromatic carbocycles. The molecule has 0 spiro atoms. The summed E-state index contributed by atoms with van der Waals surface area (Å²) in [6, 6.07) is 9.27. The van der Waals surface area contributed by atoms with E-state index in [0.29, 0.717) is 23.4 Å². The van der Waals surface area contributed by atoms with Crippen LogP contribution in [0.1, 0.15) is 5.56 Å². The predicted molar refractivity (Wildman–Crippen MR) is 82.5 cm³/mol. The number of nitrogens with zero attached hydrogens (tertiary/aromatic N) is 3. The van der Waals surface area contributed by atoms with Crippen molar-refractivity contribution < 1.29 is 9.13 Å². The molecular weight excluding hydrogens is 283 g/mol. The Labute approximate surface area is 127 Å². The van der Waals surface area contributed by atoms with Crippen molar-refractivity contribution in [2.24, 2.45) is 0 Å². The lowest BCUT2D eigenvalue weighted by atomic mass is 10.1. The van der Waals surface area contributed by atoms with Crippen LogP contribution in [0.3, 0.4) is 0 Å². The summed E-state index contributed by atoms with van der Waals surface area (Å²) in [7, 11) is 1.64. The van der Waals surface area contributed by atoms with E-state index in [1.54, 1.807) is 7.11 Å². The number of pyridine rings is 1. The van der Waals surface area contributed by atoms with Gasteiger partial charge in [0, 0.05) is 6.54 Å². The number of nitrogens with one attached hydrogen (secondary N) is 1. The molecule has 0 aliphatic carbocycles. The van der Waals surface area contributed by atoms with Gasteiger partial charge in [0.15, 0.2) is 5.65 Å². The molecule has 112 valence electrons. The first-order chi connectivity index (χ1) is 10.8. The van der Waals surface area contributed by atoms with Gasteiger partial charge in [-0.05, 0) is 30.2 Å². The smallest absolute Gasteiger partial charge is 0.164 e. The molecule has 0 aliphatic rings. The summed E-state index contributed by atoms with van der Waals surface area (Å²) < 4.78 is 18.4. The Morgan fingerprint density at radius 1 is 1.14 bits per heavy atom. The van der Waals surface area contributed by atoms with E-state index in [1.165, 1.54) is 18.0 Å². The molecular formula is C16H15FN4O. The third-order valence-corrected chi connectivity index (χ3v) is 3.32. The normalized spacial score (nSPS) is 10.6. The molecule has 5 nitrogen and oxygen atoms in total. The van der Waals surface area contributed by atoms with Crippen molar-refractivity contribution in [2.45, 2.75) is 6.42 Å². The van der Waals surface area contributed by atoms with Gasteiger partial charge in [-0.3, -0.25) is 0 Å². The van der Waals surface area contributed by atoms with Crippen molar-refractivity contribution in [1.82, 2.24) is 15.0 Å². The maximum Gasteiger partial charge on any atom is 0.164 e. The van der Waals surface area contributed by atoms with Crippen molar-refractivity contribution in [3.63, 3.8) is 0 Å². The summed E-state index contributed by atoms with van der Waals surface area (Å²) >= 11 is 0. The topological polar surface area (TPSA) is 59.9 Å². The van der Waals surface area contributed by atoms with E-state index >= 15 is 0 Å². The Bertz CT molecular complexity index is 777. The average molecular weight is 298 g/mol. The van der Waals surface area contributed by atoms with Gasteiger partial charge in [0.1, 0.15) is 23.7 Å². The summed E-state index contributed by atoms with van der Waals surface area (Å²) in [6.07, 6.45) is 3.39. The van der Waals surface area contributed by atoms with Crippen LogP contribution in [0, 0.1) is 5.82 Å². The van der Waals surface area contributed by atoms with Crippen LogP contribution < -0.4 is 10.1 Å². The lowest BCUT2D eigenvalue weighted by Gasteiger charge is -2.08. The molecule has 0 bridgehead atoms. The molecule has 0 amide bonds. The second kappa shape index (κ2) is 6.34. The van der Waals surface area contributed by atoms with Gasteiger partial charge in [0.05, 0.1) is 18.7 Å². The summed E-state index contributed by atoms with van der Waals surface area (Å²) in [5.74, 6) is 1.02. The van der Waals surface area contributed by atoms with E-state index in [9.17, 15) is 4.39 Å². The lowest BCUT2D eigenvalue weighted by Crippen LogP contribution is -2.07. The minimum Gasteiger partial charge on any atom is -0.497 e. The van der Waals surface area contributed by atoms with Gasteiger partial charge >= 0.3 is 0 Å². The molecule has 0 saturated carbocycles. The van der Waals surface area contributed by atoms with Crippen LogP contribution in [0.25, 0.3) is 11.0 Å². The van der Waals surface area contributed by atoms with Crippen molar-refractivity contribution in [1.29, 1.82) is 0 Å². The van der Waals surface area contributed by atoms with Crippen LogP contribution in [0.5, 0.6) is 5.75 Å². The lowest BCUT2D eigenvalue weighted by molar-refractivity contribution is 0.414. The second-order valence-electron chi connectivity index (χ2n) is 4.77. The number of fused-ring (bicyclic) bond motifs is 1. The standard InChI is InChI=1S/C16H15FN4O/c1-22-13-4-2-11(3-5-13)6-7-18-15-14-8-12(17)9-19-16(14)21-10-20-15/h2-5,8-10H,6-7H2,1H3,(H,18,19,20,21). The molecule has 0 atom stereocenters. The van der Waals surface area contributed by atoms with Gasteiger partial charge < -0.3 is 10.1 Å². The van der Waals surface area contributed by atoms with Gasteiger partial charge in [0.25, 0.3) is 0 Å². The van der Waals surface area contributed by atoms with Gasteiger partial charge in [-0.1, -0.05) is 12.1 Å². The minimum absolute atomic E-state index is 0.402. The van der Waals surface area contributed by atoms with Crippen molar-refractivity contribution in [2.75, 3.05) is 19.0 Å². The van der Waals surface area contributed by atoms with Crippen LogP contribution in [0.4, 0.5) is 10.2 Å². The number of halogens is 1. The Morgan fingerprint density at radius 3 is 2.73 bits per heavy atom. The molecule has 3 aromatic rings. The maximum absolute atomic E-state index is 13.3. The first-order valence-corrected chi connectivity index (χ1v) is 6.89. The third-order valence-electron chi connectivity index (χ3n) is 3.32. The quantitative estimate of drug-likeness (QED) is 0.785. The highest BCUT2D eigenvalue weighted by molar-refractivity contribution is 5.85. The fraction of sp³-hybridized carbons (Fsp3) is 0.188. The van der Waals surface area contributed by atoms with E-state index in [1.807, 2.05) is 24.3 Å². The molecule has 3 rings (SSSR count). The van der Waals surface area contributed by atoms with E-state index in [-0.39, 0.29) is 0 Å². The second-order valence-corrected chi connectivity index (χ2v) is 4.77. The molecule has 0 aliphatic heterocycles. The van der Waals surface area contributed by atoms with E-state index < -0.39 is 5.82 Å². The predicted octanol–water partition coefficient (Wildman–Crippen LogP) is 2.83. The van der Waals surface area contributed by atoms with Gasteiger partial charge in [-0.25, -0.2) is 19.3 Å². The Balaban J connectivity index is 1.69. The Kier molecular flexibility index (Phi) is 4.09. The van der Waals surface area contributed by atoms with Crippen LogP contribution >= 0.6 is 0 Å². The Morgan fingerprint density at radius 2 is 1.95 bits per heavy atom. The van der Waals surface area contributed by atoms with Crippen molar-refractivity contribution in [3.8, 4) is 5.75 Å². The summed E-state index contributed by atoms with van der Waals surface area (Å²) in [6.45, 7) is 0.676. The number of hydrogen-bond donors (Lipinski definition) is 1. The summed E-state index contributed by atoms with van der Waals surface area (Å²) in [4.78, 5) is 12.1. The molecule has 6 heteroatoms. The molecule has 0 unspecified atom stereocenters. The number of hydrogen-bond acceptors (Lipinski definition) is 5. The monoisotopic (exact) mass is 298 g/mol. The van der Waals surface area contributed by atoms with Gasteiger partial charge in [-0.15, -0.1) is 0 Å². The number of anilines is 1. The molecule has 0 saturated heterocycles. The van der Waals surface area contributed by atoms with Crippen LogP contribution in [-0.2, 0) is 6.42 Å². The van der Waals surface area contributed by atoms with Crippen molar-refractivity contribution in [3.05, 3.63) is 54.2 Å². The Hall–Kier alpha value is -2.76. The summed E-state index contributed by atoms with van der Waals surface area (Å²) in [5.41, 5.74) is 1.65. The minimum atomic E-state index is -0.402. The number of ether oxygens (including phenoxy) is 1. The average Bonchev–Trinajstić information content (AvgIpc) is 2.56. The zero-order chi connectivity index (χ0) is 15.4. The number of methoxy groups -OCH3 is 1. The SMILES string of the molecule is COc1ccc(CCNc2ncnc3ncc(F)cc23)cc1. The molecule has 1 N–H and O–H groups in total. The largest absolute Gasteiger partial charge is 0.497 e. The molecule has 22 heavy (non-hydrogen) atoms. The summed E-state index contributed by atoms with van der Waals surface area (Å²) in [5, 5.41) is 3.78. The fourth-order valence-corrected chi connectivity index (χ4v) is 2.18. The van der Waals surface area contributed by atoms with Crippen LogP contribution in [0.2, 0.25) is 0 Å². The number of aromatic nitrogens is 3. The maximum atomic E-state index is 13.3. The first-order valence-electron chi connectivity index (χ1n) is 6.89. The highest BCUT2D eigenvalue weighted by Crippen LogP contribution is 2.18. The van der Waals surface area contributed by atoms with E-state index in [0.717, 1.165) is 18.4 Å². The number of benzene rings is 1. The van der Waals surface area contributed by atoms with Crippen LogP contribution in [0.15, 0.2) is 42.9 Å².